The summed E-state index contributed by atoms with van der Waals surface area (Å²) >= 11 is 0. The van der Waals surface area contributed by atoms with Crippen LogP contribution in [0.5, 0.6) is 0 Å². The smallest absolute Gasteiger partial charge is 0.399 e. The molecule has 0 saturated carbocycles. The second-order valence-electron chi connectivity index (χ2n) is 4.38. The molecular formula is C14H12F3N3O. The lowest BCUT2D eigenvalue weighted by Gasteiger charge is -2.13. The number of anilines is 3. The van der Waals surface area contributed by atoms with Gasteiger partial charge in [0.05, 0.1) is 11.1 Å². The zero-order valence-corrected chi connectivity index (χ0v) is 10.7. The van der Waals surface area contributed by atoms with E-state index in [9.17, 15) is 18.0 Å². The van der Waals surface area contributed by atoms with Gasteiger partial charge in [0.1, 0.15) is 0 Å². The van der Waals surface area contributed by atoms with Gasteiger partial charge in [0.2, 0.25) is 0 Å². The summed E-state index contributed by atoms with van der Waals surface area (Å²) in [6.07, 6.45) is -4.66. The van der Waals surface area contributed by atoms with Crippen LogP contribution in [0.2, 0.25) is 0 Å². The van der Waals surface area contributed by atoms with Crippen molar-refractivity contribution in [2.75, 3.05) is 16.8 Å². The SMILES string of the molecule is Nc1ccc(NC(=O)c2ccc(N)cc2C(F)(F)F)cc1. The van der Waals surface area contributed by atoms with Crippen molar-refractivity contribution in [1.29, 1.82) is 0 Å². The Kier molecular flexibility index (Phi) is 3.75. The number of benzene rings is 2. The Bertz CT molecular complexity index is 666. The molecule has 0 heterocycles. The van der Waals surface area contributed by atoms with Gasteiger partial charge in [0.15, 0.2) is 0 Å². The van der Waals surface area contributed by atoms with E-state index in [1.54, 1.807) is 0 Å². The second kappa shape index (κ2) is 5.35. The summed E-state index contributed by atoms with van der Waals surface area (Å²) in [5, 5.41) is 2.38. The number of carbonyl (C=O) groups excluding carboxylic acids is 1. The number of rotatable bonds is 2. The maximum absolute atomic E-state index is 12.9. The van der Waals surface area contributed by atoms with Gasteiger partial charge in [-0.1, -0.05) is 0 Å². The molecule has 2 rings (SSSR count). The maximum Gasteiger partial charge on any atom is 0.417 e. The van der Waals surface area contributed by atoms with E-state index in [0.29, 0.717) is 11.4 Å². The van der Waals surface area contributed by atoms with Crippen molar-refractivity contribution < 1.29 is 18.0 Å². The predicted octanol–water partition coefficient (Wildman–Crippen LogP) is 3.12. The van der Waals surface area contributed by atoms with Gasteiger partial charge in [-0.3, -0.25) is 4.79 Å². The van der Waals surface area contributed by atoms with Crippen LogP contribution in [0.25, 0.3) is 0 Å². The number of amides is 1. The molecule has 0 spiro atoms. The van der Waals surface area contributed by atoms with Gasteiger partial charge < -0.3 is 16.8 Å². The molecule has 0 unspecified atom stereocenters. The maximum atomic E-state index is 12.9. The largest absolute Gasteiger partial charge is 0.417 e. The quantitative estimate of drug-likeness (QED) is 0.744. The minimum absolute atomic E-state index is 0.0636. The van der Waals surface area contributed by atoms with E-state index in [4.69, 9.17) is 11.5 Å². The number of halogens is 3. The molecule has 0 aromatic heterocycles. The highest BCUT2D eigenvalue weighted by Gasteiger charge is 2.35. The fourth-order valence-electron chi connectivity index (χ4n) is 1.76. The summed E-state index contributed by atoms with van der Waals surface area (Å²) in [6, 6.07) is 9.08. The first kappa shape index (κ1) is 14.7. The van der Waals surface area contributed by atoms with Crippen LogP contribution in [0.1, 0.15) is 15.9 Å². The normalized spacial score (nSPS) is 11.2. The molecule has 0 bridgehead atoms. The zero-order chi connectivity index (χ0) is 15.6. The fourth-order valence-corrected chi connectivity index (χ4v) is 1.76. The van der Waals surface area contributed by atoms with E-state index in [0.717, 1.165) is 12.1 Å². The van der Waals surface area contributed by atoms with Crippen LogP contribution in [-0.2, 0) is 6.18 Å². The van der Waals surface area contributed by atoms with Gasteiger partial charge >= 0.3 is 6.18 Å². The molecule has 2 aromatic rings. The third-order valence-electron chi connectivity index (χ3n) is 2.76. The minimum atomic E-state index is -4.66. The molecule has 2 aromatic carbocycles. The summed E-state index contributed by atoms with van der Waals surface area (Å²) < 4.78 is 38.8. The van der Waals surface area contributed by atoms with Gasteiger partial charge in [-0.05, 0) is 42.5 Å². The number of nitrogens with two attached hydrogens (primary N) is 2. The second-order valence-corrected chi connectivity index (χ2v) is 4.38. The Morgan fingerprint density at radius 3 is 2.10 bits per heavy atom. The molecule has 0 radical (unpaired) electrons. The van der Waals surface area contributed by atoms with Crippen LogP contribution in [0.15, 0.2) is 42.5 Å². The number of alkyl halides is 3. The van der Waals surface area contributed by atoms with Gasteiger partial charge in [-0.25, -0.2) is 0 Å². The van der Waals surface area contributed by atoms with Gasteiger partial charge in [0, 0.05) is 17.1 Å². The summed E-state index contributed by atoms with van der Waals surface area (Å²) in [7, 11) is 0. The zero-order valence-electron chi connectivity index (χ0n) is 10.7. The minimum Gasteiger partial charge on any atom is -0.399 e. The van der Waals surface area contributed by atoms with Gasteiger partial charge in [-0.15, -0.1) is 0 Å². The number of carbonyl (C=O) groups is 1. The lowest BCUT2D eigenvalue weighted by molar-refractivity contribution is -0.137. The molecule has 0 atom stereocenters. The molecule has 0 aliphatic heterocycles. The highest BCUT2D eigenvalue weighted by molar-refractivity contribution is 6.05. The predicted molar refractivity (Wildman–Crippen MR) is 74.7 cm³/mol. The summed E-state index contributed by atoms with van der Waals surface area (Å²) in [6.45, 7) is 0. The van der Waals surface area contributed by atoms with Crippen molar-refractivity contribution in [3.8, 4) is 0 Å². The monoisotopic (exact) mass is 295 g/mol. The van der Waals surface area contributed by atoms with Crippen molar-refractivity contribution in [2.24, 2.45) is 0 Å². The first-order valence-electron chi connectivity index (χ1n) is 5.91. The topological polar surface area (TPSA) is 81.1 Å². The number of nitrogens with one attached hydrogen (secondary N) is 1. The first-order valence-corrected chi connectivity index (χ1v) is 5.91. The summed E-state index contributed by atoms with van der Waals surface area (Å²) in [4.78, 5) is 12.0. The van der Waals surface area contributed by atoms with Crippen molar-refractivity contribution in [3.63, 3.8) is 0 Å². The third-order valence-corrected chi connectivity index (χ3v) is 2.76. The average Bonchev–Trinajstić information content (AvgIpc) is 2.40. The molecular weight excluding hydrogens is 283 g/mol. The van der Waals surface area contributed by atoms with E-state index in [1.807, 2.05) is 0 Å². The van der Waals surface area contributed by atoms with Crippen LogP contribution in [0, 0.1) is 0 Å². The highest BCUT2D eigenvalue weighted by atomic mass is 19.4. The van der Waals surface area contributed by atoms with Crippen LogP contribution in [0.3, 0.4) is 0 Å². The van der Waals surface area contributed by atoms with E-state index in [2.05, 4.69) is 5.32 Å². The molecule has 0 aliphatic rings. The van der Waals surface area contributed by atoms with Crippen LogP contribution < -0.4 is 16.8 Å². The Labute approximate surface area is 118 Å². The molecule has 0 aliphatic carbocycles. The molecule has 1 amide bonds. The van der Waals surface area contributed by atoms with E-state index in [-0.39, 0.29) is 5.69 Å². The van der Waals surface area contributed by atoms with Crippen molar-refractivity contribution in [2.45, 2.75) is 6.18 Å². The molecule has 7 heteroatoms. The Morgan fingerprint density at radius 1 is 0.952 bits per heavy atom. The average molecular weight is 295 g/mol. The highest BCUT2D eigenvalue weighted by Crippen LogP contribution is 2.33. The van der Waals surface area contributed by atoms with Crippen LogP contribution >= 0.6 is 0 Å². The van der Waals surface area contributed by atoms with Crippen molar-refractivity contribution in [3.05, 3.63) is 53.6 Å². The van der Waals surface area contributed by atoms with E-state index < -0.39 is 23.2 Å². The van der Waals surface area contributed by atoms with Gasteiger partial charge in [0.25, 0.3) is 5.91 Å². The molecule has 21 heavy (non-hydrogen) atoms. The molecule has 5 N–H and O–H groups in total. The molecule has 0 fully saturated rings. The number of hydrogen-bond donors (Lipinski definition) is 3. The summed E-state index contributed by atoms with van der Waals surface area (Å²) in [5.41, 5.74) is 10.0. The van der Waals surface area contributed by atoms with E-state index in [1.165, 1.54) is 30.3 Å². The van der Waals surface area contributed by atoms with E-state index >= 15 is 0 Å². The lowest BCUT2D eigenvalue weighted by Crippen LogP contribution is -2.19. The lowest BCUT2D eigenvalue weighted by atomic mass is 10.1. The molecule has 110 valence electrons. The van der Waals surface area contributed by atoms with Crippen molar-refractivity contribution in [1.82, 2.24) is 0 Å². The van der Waals surface area contributed by atoms with Crippen LogP contribution in [-0.4, -0.2) is 5.91 Å². The Hall–Kier alpha value is -2.70. The van der Waals surface area contributed by atoms with Gasteiger partial charge in [-0.2, -0.15) is 13.2 Å². The fraction of sp³-hybridized carbons (Fsp3) is 0.0714. The molecule has 0 saturated heterocycles. The third kappa shape index (κ3) is 3.44. The summed E-state index contributed by atoms with van der Waals surface area (Å²) in [5.74, 6) is -0.868. The molecule has 4 nitrogen and oxygen atoms in total. The first-order chi connectivity index (χ1) is 9.77. The van der Waals surface area contributed by atoms with Crippen molar-refractivity contribution >= 4 is 23.0 Å². The van der Waals surface area contributed by atoms with Crippen LogP contribution in [0.4, 0.5) is 30.2 Å². The Morgan fingerprint density at radius 2 is 1.52 bits per heavy atom. The number of nitrogen functional groups attached to an aromatic ring is 2. The Balaban J connectivity index is 2.33. The standard InChI is InChI=1S/C14H12F3N3O/c15-14(16,17)12-7-9(19)3-6-11(12)13(21)20-10-4-1-8(18)2-5-10/h1-7H,18-19H2,(H,20,21). The number of hydrogen-bond acceptors (Lipinski definition) is 3.